The van der Waals surface area contributed by atoms with Crippen molar-refractivity contribution < 1.29 is 9.52 Å². The SMILES string of the molecule is CC(O)(Cc1ccco1)c1ccc(Br)cc1. The molecule has 16 heavy (non-hydrogen) atoms. The molecule has 1 atom stereocenters. The van der Waals surface area contributed by atoms with E-state index in [0.717, 1.165) is 15.8 Å². The second-order valence-electron chi connectivity index (χ2n) is 4.04. The Labute approximate surface area is 103 Å². The maximum Gasteiger partial charge on any atom is 0.106 e. The van der Waals surface area contributed by atoms with Crippen LogP contribution in [0.4, 0.5) is 0 Å². The molecular weight excluding hydrogens is 268 g/mol. The van der Waals surface area contributed by atoms with Crippen molar-refractivity contribution in [2.45, 2.75) is 18.9 Å². The lowest BCUT2D eigenvalue weighted by atomic mass is 9.92. The van der Waals surface area contributed by atoms with Crippen molar-refractivity contribution in [2.75, 3.05) is 0 Å². The minimum Gasteiger partial charge on any atom is -0.469 e. The van der Waals surface area contributed by atoms with E-state index in [4.69, 9.17) is 4.42 Å². The fourth-order valence-corrected chi connectivity index (χ4v) is 1.93. The van der Waals surface area contributed by atoms with Gasteiger partial charge in [0.15, 0.2) is 0 Å². The normalized spacial score (nSPS) is 14.7. The van der Waals surface area contributed by atoms with Crippen LogP contribution >= 0.6 is 15.9 Å². The zero-order valence-corrected chi connectivity index (χ0v) is 10.6. The van der Waals surface area contributed by atoms with Gasteiger partial charge in [-0.3, -0.25) is 0 Å². The first-order valence-electron chi connectivity index (χ1n) is 5.09. The molecule has 0 aliphatic heterocycles. The molecule has 0 aliphatic carbocycles. The van der Waals surface area contributed by atoms with Crippen molar-refractivity contribution in [2.24, 2.45) is 0 Å². The highest BCUT2D eigenvalue weighted by atomic mass is 79.9. The van der Waals surface area contributed by atoms with Crippen LogP contribution in [-0.4, -0.2) is 5.11 Å². The largest absolute Gasteiger partial charge is 0.469 e. The third-order valence-corrected chi connectivity index (χ3v) is 3.09. The van der Waals surface area contributed by atoms with E-state index in [0.29, 0.717) is 6.42 Å². The van der Waals surface area contributed by atoms with E-state index in [-0.39, 0.29) is 0 Å². The van der Waals surface area contributed by atoms with Crippen LogP contribution < -0.4 is 0 Å². The third-order valence-electron chi connectivity index (χ3n) is 2.56. The van der Waals surface area contributed by atoms with E-state index in [1.165, 1.54) is 0 Å². The molecule has 3 heteroatoms. The summed E-state index contributed by atoms with van der Waals surface area (Å²) in [6.07, 6.45) is 2.09. The summed E-state index contributed by atoms with van der Waals surface area (Å²) in [4.78, 5) is 0. The minimum atomic E-state index is -0.904. The Kier molecular flexibility index (Phi) is 3.17. The Morgan fingerprint density at radius 3 is 2.50 bits per heavy atom. The van der Waals surface area contributed by atoms with Crippen LogP contribution in [0.25, 0.3) is 0 Å². The monoisotopic (exact) mass is 280 g/mol. The van der Waals surface area contributed by atoms with Crippen molar-refractivity contribution in [1.82, 2.24) is 0 Å². The number of hydrogen-bond donors (Lipinski definition) is 1. The lowest BCUT2D eigenvalue weighted by molar-refractivity contribution is 0.0521. The van der Waals surface area contributed by atoms with Crippen LogP contribution in [0, 0.1) is 0 Å². The van der Waals surface area contributed by atoms with Crippen LogP contribution in [0.3, 0.4) is 0 Å². The van der Waals surface area contributed by atoms with Gasteiger partial charge in [-0.25, -0.2) is 0 Å². The van der Waals surface area contributed by atoms with Crippen molar-refractivity contribution in [3.8, 4) is 0 Å². The van der Waals surface area contributed by atoms with Gasteiger partial charge in [-0.1, -0.05) is 28.1 Å². The van der Waals surface area contributed by atoms with Gasteiger partial charge in [0.05, 0.1) is 11.9 Å². The molecule has 1 heterocycles. The summed E-state index contributed by atoms with van der Waals surface area (Å²) >= 11 is 3.37. The van der Waals surface area contributed by atoms with Gasteiger partial charge >= 0.3 is 0 Å². The number of hydrogen-bond acceptors (Lipinski definition) is 2. The molecule has 0 spiro atoms. The molecule has 1 aromatic carbocycles. The average Bonchev–Trinajstić information content (AvgIpc) is 2.70. The van der Waals surface area contributed by atoms with Gasteiger partial charge in [0.25, 0.3) is 0 Å². The van der Waals surface area contributed by atoms with E-state index in [1.807, 2.05) is 36.4 Å². The summed E-state index contributed by atoms with van der Waals surface area (Å²) in [5.41, 5.74) is -0.0226. The van der Waals surface area contributed by atoms with Crippen molar-refractivity contribution >= 4 is 15.9 Å². The first-order valence-corrected chi connectivity index (χ1v) is 5.88. The zero-order valence-electron chi connectivity index (χ0n) is 8.98. The molecule has 0 amide bonds. The molecule has 2 rings (SSSR count). The summed E-state index contributed by atoms with van der Waals surface area (Å²) < 4.78 is 6.25. The molecule has 1 N–H and O–H groups in total. The molecule has 1 unspecified atom stereocenters. The fraction of sp³-hybridized carbons (Fsp3) is 0.231. The predicted molar refractivity (Wildman–Crippen MR) is 66.1 cm³/mol. The molecule has 2 aromatic rings. The van der Waals surface area contributed by atoms with Gasteiger partial charge in [-0.2, -0.15) is 0 Å². The van der Waals surface area contributed by atoms with Gasteiger partial charge in [-0.05, 0) is 36.8 Å². The summed E-state index contributed by atoms with van der Waals surface area (Å²) in [5.74, 6) is 0.785. The second kappa shape index (κ2) is 4.44. The van der Waals surface area contributed by atoms with Crippen molar-refractivity contribution in [3.05, 3.63) is 58.5 Å². The summed E-state index contributed by atoms with van der Waals surface area (Å²) in [7, 11) is 0. The van der Waals surface area contributed by atoms with E-state index in [9.17, 15) is 5.11 Å². The minimum absolute atomic E-state index is 0.474. The summed E-state index contributed by atoms with van der Waals surface area (Å²) in [6, 6.07) is 11.4. The Bertz CT molecular complexity index is 443. The topological polar surface area (TPSA) is 33.4 Å². The van der Waals surface area contributed by atoms with Gasteiger partial charge in [0.1, 0.15) is 5.76 Å². The Balaban J connectivity index is 2.21. The number of furan rings is 1. The number of rotatable bonds is 3. The van der Waals surface area contributed by atoms with Crippen LogP contribution in [0.2, 0.25) is 0 Å². The Hall–Kier alpha value is -1.06. The van der Waals surface area contributed by atoms with Crippen molar-refractivity contribution in [3.63, 3.8) is 0 Å². The molecule has 0 saturated carbocycles. The van der Waals surface area contributed by atoms with Crippen LogP contribution in [0.15, 0.2) is 51.6 Å². The molecule has 0 bridgehead atoms. The van der Waals surface area contributed by atoms with E-state index < -0.39 is 5.60 Å². The maximum absolute atomic E-state index is 10.4. The third kappa shape index (κ3) is 2.54. The molecule has 1 aromatic heterocycles. The number of aliphatic hydroxyl groups is 1. The Morgan fingerprint density at radius 1 is 1.25 bits per heavy atom. The standard InChI is InChI=1S/C13H13BrO2/c1-13(15,9-12-3-2-8-16-12)10-4-6-11(14)7-5-10/h2-8,15H,9H2,1H3. The molecule has 2 nitrogen and oxygen atoms in total. The highest BCUT2D eigenvalue weighted by molar-refractivity contribution is 9.10. The summed E-state index contributed by atoms with van der Waals surface area (Å²) in [5, 5.41) is 10.4. The maximum atomic E-state index is 10.4. The number of benzene rings is 1. The van der Waals surface area contributed by atoms with E-state index in [2.05, 4.69) is 15.9 Å². The molecular formula is C13H13BrO2. The lowest BCUT2D eigenvalue weighted by Crippen LogP contribution is -2.23. The quantitative estimate of drug-likeness (QED) is 0.934. The zero-order chi connectivity index (χ0) is 11.6. The molecule has 0 saturated heterocycles. The molecule has 0 aliphatic rings. The van der Waals surface area contributed by atoms with Gasteiger partial charge in [0.2, 0.25) is 0 Å². The van der Waals surface area contributed by atoms with Crippen LogP contribution in [-0.2, 0) is 12.0 Å². The molecule has 84 valence electrons. The fourth-order valence-electron chi connectivity index (χ4n) is 1.66. The lowest BCUT2D eigenvalue weighted by Gasteiger charge is -2.22. The first-order chi connectivity index (χ1) is 7.58. The van der Waals surface area contributed by atoms with Crippen LogP contribution in [0.5, 0.6) is 0 Å². The molecule has 0 fully saturated rings. The molecule has 0 radical (unpaired) electrons. The van der Waals surface area contributed by atoms with E-state index in [1.54, 1.807) is 13.2 Å². The van der Waals surface area contributed by atoms with Crippen molar-refractivity contribution in [1.29, 1.82) is 0 Å². The second-order valence-corrected chi connectivity index (χ2v) is 4.95. The highest BCUT2D eigenvalue weighted by Crippen LogP contribution is 2.26. The van der Waals surface area contributed by atoms with Gasteiger partial charge in [-0.15, -0.1) is 0 Å². The average molecular weight is 281 g/mol. The smallest absolute Gasteiger partial charge is 0.106 e. The first kappa shape index (κ1) is 11.4. The van der Waals surface area contributed by atoms with Crippen LogP contribution in [0.1, 0.15) is 18.2 Å². The van der Waals surface area contributed by atoms with E-state index >= 15 is 0 Å². The summed E-state index contributed by atoms with van der Waals surface area (Å²) in [6.45, 7) is 1.79. The number of halogens is 1. The highest BCUT2D eigenvalue weighted by Gasteiger charge is 2.24. The van der Waals surface area contributed by atoms with Gasteiger partial charge in [0, 0.05) is 10.9 Å². The van der Waals surface area contributed by atoms with Gasteiger partial charge < -0.3 is 9.52 Å². The predicted octanol–water partition coefficient (Wildman–Crippen LogP) is 3.49. The Morgan fingerprint density at radius 2 is 1.94 bits per heavy atom.